The summed E-state index contributed by atoms with van der Waals surface area (Å²) in [4.78, 5) is 65.3. The van der Waals surface area contributed by atoms with Crippen molar-refractivity contribution in [1.29, 1.82) is 0 Å². The zero-order valence-electron chi connectivity index (χ0n) is 22.6. The first kappa shape index (κ1) is 28.6. The molecule has 0 spiro atoms. The second kappa shape index (κ2) is 9.78. The summed E-state index contributed by atoms with van der Waals surface area (Å²) in [5.41, 5.74) is -1.55. The molecule has 1 aliphatic carbocycles. The lowest BCUT2D eigenvalue weighted by molar-refractivity contribution is -0.153. The second-order valence-corrected chi connectivity index (χ2v) is 12.2. The van der Waals surface area contributed by atoms with Crippen molar-refractivity contribution in [2.75, 3.05) is 13.7 Å². The molecule has 3 amide bonds. The number of alkyl carbamates (subject to hydrolysis) is 1. The molecule has 1 heterocycles. The van der Waals surface area contributed by atoms with Crippen LogP contribution < -0.4 is 10.6 Å². The highest BCUT2D eigenvalue weighted by molar-refractivity contribution is 6.36. The van der Waals surface area contributed by atoms with Gasteiger partial charge in [0.1, 0.15) is 17.7 Å². The minimum atomic E-state index is -1.05. The summed E-state index contributed by atoms with van der Waals surface area (Å²) in [6.07, 6.45) is -0.519. The lowest BCUT2D eigenvalue weighted by Gasteiger charge is -2.38. The highest BCUT2D eigenvalue weighted by atomic mass is 16.6. The van der Waals surface area contributed by atoms with Crippen molar-refractivity contribution in [2.24, 2.45) is 22.7 Å². The summed E-state index contributed by atoms with van der Waals surface area (Å²) < 4.78 is 9.87. The van der Waals surface area contributed by atoms with Crippen molar-refractivity contribution >= 4 is 29.7 Å². The lowest BCUT2D eigenvalue weighted by Crippen LogP contribution is -2.60. The van der Waals surface area contributed by atoms with Crippen molar-refractivity contribution in [2.45, 2.75) is 92.5 Å². The van der Waals surface area contributed by atoms with Gasteiger partial charge in [-0.2, -0.15) is 0 Å². The van der Waals surface area contributed by atoms with Gasteiger partial charge in [-0.15, -0.1) is 0 Å². The SMILES string of the molecule is CCC(NC(=O)[C@@H]1[C@@H]2[C@H](CN1C(=O)[C@@H](NC(=O)OC(C)(C)C)C(C)(C)C)C2(C)C)C(=O)C(=O)OC. The molecule has 0 aromatic heterocycles. The van der Waals surface area contributed by atoms with E-state index in [-0.39, 0.29) is 29.6 Å². The van der Waals surface area contributed by atoms with E-state index >= 15 is 0 Å². The van der Waals surface area contributed by atoms with Gasteiger partial charge in [-0.05, 0) is 49.9 Å². The first-order valence-corrected chi connectivity index (χ1v) is 12.1. The lowest BCUT2D eigenvalue weighted by atomic mass is 9.85. The zero-order chi connectivity index (χ0) is 27.1. The molecule has 0 aromatic rings. The van der Waals surface area contributed by atoms with Crippen LogP contribution in [0.15, 0.2) is 0 Å². The molecule has 0 aromatic carbocycles. The fourth-order valence-electron chi connectivity index (χ4n) is 4.91. The third-order valence-electron chi connectivity index (χ3n) is 6.96. The molecular formula is C25H41N3O7. The highest BCUT2D eigenvalue weighted by Crippen LogP contribution is 2.65. The minimum Gasteiger partial charge on any atom is -0.463 e. The molecule has 10 heteroatoms. The van der Waals surface area contributed by atoms with Crippen LogP contribution in [0.4, 0.5) is 4.79 Å². The molecule has 0 bridgehead atoms. The molecule has 1 saturated heterocycles. The number of ketones is 1. The van der Waals surface area contributed by atoms with Gasteiger partial charge in [0.05, 0.1) is 13.2 Å². The van der Waals surface area contributed by atoms with Crippen molar-refractivity contribution in [1.82, 2.24) is 15.5 Å². The maximum atomic E-state index is 13.8. The number of hydrogen-bond donors (Lipinski definition) is 2. The molecule has 5 atom stereocenters. The Morgan fingerprint density at radius 2 is 1.60 bits per heavy atom. The van der Waals surface area contributed by atoms with Gasteiger partial charge in [-0.3, -0.25) is 14.4 Å². The van der Waals surface area contributed by atoms with E-state index in [4.69, 9.17) is 4.74 Å². The second-order valence-electron chi connectivity index (χ2n) is 12.2. The molecule has 0 radical (unpaired) electrons. The molecule has 2 N–H and O–H groups in total. The van der Waals surface area contributed by atoms with Gasteiger partial charge in [-0.25, -0.2) is 9.59 Å². The quantitative estimate of drug-likeness (QED) is 0.408. The standard InChI is InChI=1S/C25H41N3O7/c1-11-14(17(29)21(32)34-10)26-19(30)16-15-13(25(15,8)9)12-28(16)20(31)18(23(2,3)4)27-22(33)35-24(5,6)7/h13-16,18H,11-12H2,1-10H3,(H,26,30)(H,27,33)/t13-,14?,15-,16-,18+/m0/s1. The highest BCUT2D eigenvalue weighted by Gasteiger charge is 2.69. The first-order valence-electron chi connectivity index (χ1n) is 12.1. The van der Waals surface area contributed by atoms with E-state index in [1.807, 2.05) is 34.6 Å². The van der Waals surface area contributed by atoms with E-state index in [0.29, 0.717) is 6.54 Å². The largest absolute Gasteiger partial charge is 0.463 e. The Hall–Kier alpha value is -2.65. The maximum Gasteiger partial charge on any atom is 0.408 e. The van der Waals surface area contributed by atoms with Gasteiger partial charge in [0, 0.05) is 6.54 Å². The topological polar surface area (TPSA) is 131 Å². The summed E-state index contributed by atoms with van der Waals surface area (Å²) in [7, 11) is 1.10. The molecular weight excluding hydrogens is 454 g/mol. The van der Waals surface area contributed by atoms with Gasteiger partial charge < -0.3 is 25.0 Å². The van der Waals surface area contributed by atoms with E-state index in [2.05, 4.69) is 15.4 Å². The van der Waals surface area contributed by atoms with E-state index in [9.17, 15) is 24.0 Å². The van der Waals surface area contributed by atoms with Gasteiger partial charge in [0.25, 0.3) is 5.78 Å². The number of hydrogen-bond acceptors (Lipinski definition) is 7. The van der Waals surface area contributed by atoms with Crippen molar-refractivity contribution < 1.29 is 33.4 Å². The van der Waals surface area contributed by atoms with Crippen molar-refractivity contribution in [3.63, 3.8) is 0 Å². The van der Waals surface area contributed by atoms with Crippen LogP contribution in [0.2, 0.25) is 0 Å². The van der Waals surface area contributed by atoms with E-state index in [1.165, 1.54) is 4.90 Å². The maximum absolute atomic E-state index is 13.8. The smallest absolute Gasteiger partial charge is 0.408 e. The van der Waals surface area contributed by atoms with Crippen molar-refractivity contribution in [3.05, 3.63) is 0 Å². The average molecular weight is 496 g/mol. The summed E-state index contributed by atoms with van der Waals surface area (Å²) in [5, 5.41) is 5.35. The molecule has 1 aliphatic heterocycles. The average Bonchev–Trinajstić information content (AvgIpc) is 3.07. The number of nitrogens with one attached hydrogen (secondary N) is 2. The molecule has 2 rings (SSSR count). The summed E-state index contributed by atoms with van der Waals surface area (Å²) in [6.45, 7) is 16.8. The molecule has 1 unspecified atom stereocenters. The molecule has 2 aliphatic rings. The summed E-state index contributed by atoms with van der Waals surface area (Å²) in [6, 6.07) is -2.81. The first-order chi connectivity index (χ1) is 15.9. The number of carbonyl (C=O) groups is 5. The molecule has 10 nitrogen and oxygen atoms in total. The number of amides is 3. The predicted octanol–water partition coefficient (Wildman–Crippen LogP) is 2.05. The number of esters is 1. The van der Waals surface area contributed by atoms with Gasteiger partial charge >= 0.3 is 12.1 Å². The predicted molar refractivity (Wildman–Crippen MR) is 128 cm³/mol. The van der Waals surface area contributed by atoms with E-state index < -0.39 is 52.9 Å². The Morgan fingerprint density at radius 1 is 1.03 bits per heavy atom. The number of ether oxygens (including phenoxy) is 2. The fourth-order valence-corrected chi connectivity index (χ4v) is 4.91. The van der Waals surface area contributed by atoms with Crippen LogP contribution in [0, 0.1) is 22.7 Å². The van der Waals surface area contributed by atoms with Gasteiger partial charge in [-0.1, -0.05) is 41.5 Å². The third kappa shape index (κ3) is 6.13. The van der Waals surface area contributed by atoms with Crippen LogP contribution in [0.1, 0.15) is 68.7 Å². The van der Waals surface area contributed by atoms with E-state index in [1.54, 1.807) is 27.7 Å². The molecule has 198 valence electrons. The zero-order valence-corrected chi connectivity index (χ0v) is 22.6. The Balaban J connectivity index is 2.30. The molecule has 1 saturated carbocycles. The van der Waals surface area contributed by atoms with Crippen LogP contribution >= 0.6 is 0 Å². The molecule has 35 heavy (non-hydrogen) atoms. The number of likely N-dealkylation sites (tertiary alicyclic amines) is 1. The van der Waals surface area contributed by atoms with Gasteiger partial charge in [0.2, 0.25) is 11.8 Å². The third-order valence-corrected chi connectivity index (χ3v) is 6.96. The summed E-state index contributed by atoms with van der Waals surface area (Å²) >= 11 is 0. The number of fused-ring (bicyclic) bond motifs is 1. The number of methoxy groups -OCH3 is 1. The summed E-state index contributed by atoms with van der Waals surface area (Å²) in [5.74, 6) is -2.75. The minimum absolute atomic E-state index is 0.0978. The number of Topliss-reactive ketones (excluding diaryl/α,β-unsaturated/α-hetero) is 1. The fraction of sp³-hybridized carbons (Fsp3) is 0.800. The van der Waals surface area contributed by atoms with Crippen LogP contribution in [-0.2, 0) is 28.7 Å². The molecule has 2 fully saturated rings. The van der Waals surface area contributed by atoms with Crippen LogP contribution in [-0.4, -0.2) is 71.9 Å². The monoisotopic (exact) mass is 495 g/mol. The van der Waals surface area contributed by atoms with E-state index in [0.717, 1.165) is 7.11 Å². The number of piperidine rings is 1. The van der Waals surface area contributed by atoms with Crippen LogP contribution in [0.3, 0.4) is 0 Å². The Labute approximate surface area is 207 Å². The Kier molecular flexibility index (Phi) is 7.98. The number of nitrogens with zero attached hydrogens (tertiary/aromatic N) is 1. The Bertz CT molecular complexity index is 884. The number of rotatable bonds is 7. The number of carbonyl (C=O) groups excluding carboxylic acids is 5. The van der Waals surface area contributed by atoms with Crippen LogP contribution in [0.5, 0.6) is 0 Å². The van der Waals surface area contributed by atoms with Crippen molar-refractivity contribution in [3.8, 4) is 0 Å². The Morgan fingerprint density at radius 3 is 2.06 bits per heavy atom. The van der Waals surface area contributed by atoms with Gasteiger partial charge in [0.15, 0.2) is 0 Å². The normalized spacial score (nSPS) is 24.5. The van der Waals surface area contributed by atoms with Crippen LogP contribution in [0.25, 0.3) is 0 Å².